The van der Waals surface area contributed by atoms with Crippen LogP contribution in [0.25, 0.3) is 0 Å². The summed E-state index contributed by atoms with van der Waals surface area (Å²) >= 11 is 0.961. The van der Waals surface area contributed by atoms with Gasteiger partial charge in [-0.15, -0.1) is 0 Å². The summed E-state index contributed by atoms with van der Waals surface area (Å²) in [6, 6.07) is 2.18. The van der Waals surface area contributed by atoms with Crippen molar-refractivity contribution in [2.24, 2.45) is 5.73 Å². The first-order valence-corrected chi connectivity index (χ1v) is 12.4. The Kier molecular flexibility index (Phi) is 13.3. The Morgan fingerprint density at radius 3 is 2.26 bits per heavy atom. The Balaban J connectivity index is 0.00000112. The molecule has 0 radical (unpaired) electrons. The number of nitrogens with one attached hydrogen (secondary N) is 2. The molecule has 0 aliphatic rings. The first kappa shape index (κ1) is 35.2. The number of hydrogen-bond donors (Lipinski definition) is 6. The van der Waals surface area contributed by atoms with Gasteiger partial charge >= 0.3 is 30.1 Å². The summed E-state index contributed by atoms with van der Waals surface area (Å²) in [7, 11) is 0. The van der Waals surface area contributed by atoms with Gasteiger partial charge in [-0.3, -0.25) is 15.0 Å². The molecule has 0 spiro atoms. The minimum atomic E-state index is -5.08. The first-order valence-electron chi connectivity index (χ1n) is 11.6. The minimum absolute atomic E-state index is 0.0811. The second kappa shape index (κ2) is 15.8. The number of alkyl halides is 3. The van der Waals surface area contributed by atoms with Gasteiger partial charge in [0, 0.05) is 31.5 Å². The molecule has 0 aliphatic carbocycles. The van der Waals surface area contributed by atoms with Crippen LogP contribution in [0.2, 0.25) is 0 Å². The molecule has 230 valence electrons. The number of halogens is 4. The molecule has 2 aromatic rings. The normalized spacial score (nSPS) is 11.4. The van der Waals surface area contributed by atoms with Crippen molar-refractivity contribution in [3.05, 3.63) is 40.7 Å². The number of esters is 1. The SMILES string of the molecule is CCN(CCC(=O)N[C@H](CCC(=O)O)C(=O)O)c1ncc(C(=O)Oc2ccc(C(=N)N)cc2F)s1.O=C(O)C(F)(F)F. The number of carbonyl (C=O) groups is 5. The smallest absolute Gasteiger partial charge is 0.481 e. The fourth-order valence-corrected chi connectivity index (χ4v) is 3.71. The number of hydrogen-bond acceptors (Lipinski definition) is 10. The molecular formula is C23H25F4N5O9S. The first-order chi connectivity index (χ1) is 19.5. The van der Waals surface area contributed by atoms with Gasteiger partial charge < -0.3 is 36.0 Å². The molecule has 0 unspecified atom stereocenters. The van der Waals surface area contributed by atoms with E-state index in [0.29, 0.717) is 11.7 Å². The van der Waals surface area contributed by atoms with Crippen LogP contribution in [-0.4, -0.2) is 81.2 Å². The molecule has 1 aromatic heterocycles. The van der Waals surface area contributed by atoms with Crippen LogP contribution in [0.15, 0.2) is 24.4 Å². The van der Waals surface area contributed by atoms with E-state index in [1.807, 2.05) is 0 Å². The summed E-state index contributed by atoms with van der Waals surface area (Å²) in [5.74, 6) is -8.22. The highest BCUT2D eigenvalue weighted by Gasteiger charge is 2.38. The number of carbonyl (C=O) groups excluding carboxylic acids is 2. The lowest BCUT2D eigenvalue weighted by Gasteiger charge is -2.20. The van der Waals surface area contributed by atoms with Gasteiger partial charge in [-0.05, 0) is 31.5 Å². The van der Waals surface area contributed by atoms with Crippen molar-refractivity contribution < 1.29 is 61.6 Å². The predicted molar refractivity (Wildman–Crippen MR) is 137 cm³/mol. The Bertz CT molecular complexity index is 1320. The largest absolute Gasteiger partial charge is 0.490 e. The number of carboxylic acids is 3. The molecular weight excluding hydrogens is 598 g/mol. The molecule has 0 fully saturated rings. The van der Waals surface area contributed by atoms with E-state index in [1.165, 1.54) is 18.3 Å². The van der Waals surface area contributed by atoms with Crippen LogP contribution in [0.1, 0.15) is 41.4 Å². The van der Waals surface area contributed by atoms with Crippen LogP contribution in [0, 0.1) is 11.2 Å². The van der Waals surface area contributed by atoms with Gasteiger partial charge in [0.2, 0.25) is 5.91 Å². The molecule has 1 amide bonds. The summed E-state index contributed by atoms with van der Waals surface area (Å²) in [6.07, 6.45) is -4.58. The average molecular weight is 624 g/mol. The molecule has 0 aliphatic heterocycles. The van der Waals surface area contributed by atoms with Crippen molar-refractivity contribution in [2.75, 3.05) is 18.0 Å². The van der Waals surface area contributed by atoms with Gasteiger partial charge in [0.25, 0.3) is 0 Å². The maximum Gasteiger partial charge on any atom is 0.490 e. The third-order valence-corrected chi connectivity index (χ3v) is 5.96. The standard InChI is InChI=1S/C21H24FN5O7S.C2HF3O2/c1-2-27(8-7-16(28)26-13(19(31)32)4-6-17(29)30)21-25-10-15(35-21)20(33)34-14-5-3-11(18(23)24)9-12(14)22;3-2(4,5)1(6)7/h3,5,9-10,13H,2,4,6-8H2,1H3,(H3,23,24)(H,26,28)(H,29,30)(H,31,32);(H,6,7)/t13-;/m1./s1. The van der Waals surface area contributed by atoms with Crippen LogP contribution in [-0.2, 0) is 19.2 Å². The van der Waals surface area contributed by atoms with E-state index in [-0.39, 0.29) is 41.4 Å². The van der Waals surface area contributed by atoms with Crippen LogP contribution < -0.4 is 20.7 Å². The Morgan fingerprint density at radius 2 is 1.79 bits per heavy atom. The highest BCUT2D eigenvalue weighted by molar-refractivity contribution is 7.17. The number of amidine groups is 1. The van der Waals surface area contributed by atoms with Crippen molar-refractivity contribution in [3.8, 4) is 5.75 Å². The Morgan fingerprint density at radius 1 is 1.17 bits per heavy atom. The third kappa shape index (κ3) is 11.7. The van der Waals surface area contributed by atoms with Crippen molar-refractivity contribution in [3.63, 3.8) is 0 Å². The lowest BCUT2D eigenvalue weighted by atomic mass is 10.1. The lowest BCUT2D eigenvalue weighted by molar-refractivity contribution is -0.192. The van der Waals surface area contributed by atoms with E-state index in [9.17, 15) is 36.7 Å². The number of nitrogens with zero attached hydrogens (tertiary/aromatic N) is 2. The minimum Gasteiger partial charge on any atom is -0.481 e. The van der Waals surface area contributed by atoms with Crippen molar-refractivity contribution in [1.82, 2.24) is 10.3 Å². The fraction of sp³-hybridized carbons (Fsp3) is 0.348. The fourth-order valence-electron chi connectivity index (χ4n) is 2.82. The maximum atomic E-state index is 14.1. The van der Waals surface area contributed by atoms with Gasteiger partial charge in [-0.1, -0.05) is 11.3 Å². The molecule has 0 saturated carbocycles. The van der Waals surface area contributed by atoms with Crippen molar-refractivity contribution in [2.45, 2.75) is 38.4 Å². The number of nitrogen functional groups attached to an aromatic ring is 1. The van der Waals surface area contributed by atoms with E-state index in [0.717, 1.165) is 17.4 Å². The van der Waals surface area contributed by atoms with Crippen molar-refractivity contribution >= 4 is 52.1 Å². The number of ether oxygens (including phenoxy) is 1. The zero-order valence-electron chi connectivity index (χ0n) is 21.6. The summed E-state index contributed by atoms with van der Waals surface area (Å²) in [6.45, 7) is 2.35. The Labute approximate surface area is 238 Å². The molecule has 0 bridgehead atoms. The highest BCUT2D eigenvalue weighted by Crippen LogP contribution is 2.25. The lowest BCUT2D eigenvalue weighted by Crippen LogP contribution is -2.42. The number of carboxylic acid groups (broad SMARTS) is 3. The molecule has 19 heteroatoms. The van der Waals surface area contributed by atoms with E-state index >= 15 is 0 Å². The monoisotopic (exact) mass is 623 g/mol. The molecule has 1 atom stereocenters. The summed E-state index contributed by atoms with van der Waals surface area (Å²) in [5.41, 5.74) is 5.44. The number of benzene rings is 1. The number of aromatic nitrogens is 1. The number of rotatable bonds is 13. The second-order valence-corrected chi connectivity index (χ2v) is 8.99. The molecule has 7 N–H and O–H groups in total. The number of amides is 1. The van der Waals surface area contributed by atoms with E-state index in [1.54, 1.807) is 11.8 Å². The summed E-state index contributed by atoms with van der Waals surface area (Å²) < 4.78 is 50.9. The molecule has 42 heavy (non-hydrogen) atoms. The van der Waals surface area contributed by atoms with Gasteiger partial charge in [0.15, 0.2) is 16.7 Å². The number of aliphatic carboxylic acids is 3. The van der Waals surface area contributed by atoms with E-state index in [4.69, 9.17) is 36.0 Å². The quantitative estimate of drug-likeness (QED) is 0.0619. The highest BCUT2D eigenvalue weighted by atomic mass is 32.1. The second-order valence-electron chi connectivity index (χ2n) is 7.98. The van der Waals surface area contributed by atoms with Crippen LogP contribution >= 0.6 is 11.3 Å². The summed E-state index contributed by atoms with van der Waals surface area (Å²) in [4.78, 5) is 61.2. The maximum absolute atomic E-state index is 14.1. The van der Waals surface area contributed by atoms with Gasteiger partial charge in [0.05, 0.1) is 6.20 Å². The number of thiazole rings is 1. The molecule has 14 nitrogen and oxygen atoms in total. The summed E-state index contributed by atoms with van der Waals surface area (Å²) in [5, 5.41) is 35.0. The molecule has 1 aromatic carbocycles. The van der Waals surface area contributed by atoms with Gasteiger partial charge in [0.1, 0.15) is 16.8 Å². The van der Waals surface area contributed by atoms with Crippen molar-refractivity contribution in [1.29, 1.82) is 5.41 Å². The predicted octanol–water partition coefficient (Wildman–Crippen LogP) is 2.07. The van der Waals surface area contributed by atoms with E-state index < -0.39 is 54.2 Å². The third-order valence-electron chi connectivity index (χ3n) is 4.92. The zero-order chi connectivity index (χ0) is 32.2. The van der Waals surface area contributed by atoms with Gasteiger partial charge in [-0.2, -0.15) is 13.2 Å². The van der Waals surface area contributed by atoms with Crippen LogP contribution in [0.3, 0.4) is 0 Å². The zero-order valence-corrected chi connectivity index (χ0v) is 22.4. The molecule has 1 heterocycles. The van der Waals surface area contributed by atoms with Gasteiger partial charge in [-0.25, -0.2) is 23.8 Å². The molecule has 0 saturated heterocycles. The molecule has 2 rings (SSSR count). The number of nitrogens with two attached hydrogens (primary N) is 1. The topological polar surface area (TPSA) is 233 Å². The van der Waals surface area contributed by atoms with E-state index in [2.05, 4.69) is 10.3 Å². The van der Waals surface area contributed by atoms with Crippen LogP contribution in [0.5, 0.6) is 5.75 Å². The Hall–Kier alpha value is -4.81. The average Bonchev–Trinajstić information content (AvgIpc) is 3.37. The number of anilines is 1. The van der Waals surface area contributed by atoms with Crippen LogP contribution in [0.4, 0.5) is 22.7 Å².